The number of fused-ring (bicyclic) bond motifs is 2. The first-order chi connectivity index (χ1) is 10.8. The summed E-state index contributed by atoms with van der Waals surface area (Å²) in [5, 5.41) is 7.73. The number of likely N-dealkylation sites (tertiary alicyclic amines) is 1. The van der Waals surface area contributed by atoms with E-state index in [2.05, 4.69) is 22.3 Å². The quantitative estimate of drug-likeness (QED) is 0.807. The van der Waals surface area contributed by atoms with E-state index >= 15 is 0 Å². The average molecular weight is 333 g/mol. The van der Waals surface area contributed by atoms with Crippen molar-refractivity contribution in [3.63, 3.8) is 0 Å². The monoisotopic (exact) mass is 333 g/mol. The number of carbonyl (C=O) groups is 1. The van der Waals surface area contributed by atoms with Gasteiger partial charge in [0.2, 0.25) is 5.91 Å². The minimum atomic E-state index is -0.292. The maximum absolute atomic E-state index is 12.4. The summed E-state index contributed by atoms with van der Waals surface area (Å²) in [5.41, 5.74) is 3.89. The van der Waals surface area contributed by atoms with Crippen LogP contribution in [0, 0.1) is 0 Å². The second-order valence-corrected chi connectivity index (χ2v) is 7.55. The number of nitrogens with zero attached hydrogens (tertiary/aromatic N) is 3. The molecule has 1 amide bonds. The highest BCUT2D eigenvalue weighted by atomic mass is 32.2. The zero-order chi connectivity index (χ0) is 15.0. The van der Waals surface area contributed by atoms with Gasteiger partial charge in [0, 0.05) is 6.54 Å². The van der Waals surface area contributed by atoms with Crippen molar-refractivity contribution in [2.45, 2.75) is 23.0 Å². The summed E-state index contributed by atoms with van der Waals surface area (Å²) in [5.74, 6) is 0.553. The van der Waals surface area contributed by atoms with Crippen molar-refractivity contribution in [2.75, 3.05) is 18.8 Å². The van der Waals surface area contributed by atoms with Gasteiger partial charge in [-0.2, -0.15) is 0 Å². The first-order valence-corrected chi connectivity index (χ1v) is 9.02. The number of thioether (sulfide) groups is 1. The van der Waals surface area contributed by atoms with Crippen molar-refractivity contribution in [3.05, 3.63) is 40.9 Å². The molecule has 0 radical (unpaired) electrons. The average Bonchev–Trinajstić information content (AvgIpc) is 3.28. The lowest BCUT2D eigenvalue weighted by Crippen LogP contribution is -2.35. The fourth-order valence-corrected chi connectivity index (χ4v) is 4.55. The highest BCUT2D eigenvalue weighted by Gasteiger charge is 2.46. The second kappa shape index (κ2) is 5.64. The van der Waals surface area contributed by atoms with Crippen LogP contribution < -0.4 is 0 Å². The Hall–Kier alpha value is -1.44. The van der Waals surface area contributed by atoms with Crippen LogP contribution in [0.5, 0.6) is 0 Å². The Kier molecular flexibility index (Phi) is 3.63. The number of carbonyl (C=O) groups excluding carboxylic acids is 1. The summed E-state index contributed by atoms with van der Waals surface area (Å²) in [7, 11) is 0. The van der Waals surface area contributed by atoms with Crippen LogP contribution in [0.2, 0.25) is 0 Å². The molecule has 5 nitrogen and oxygen atoms in total. The van der Waals surface area contributed by atoms with Gasteiger partial charge in [-0.1, -0.05) is 47.4 Å². The Morgan fingerprint density at radius 1 is 1.45 bits per heavy atom. The molecule has 2 aliphatic heterocycles. The lowest BCUT2D eigenvalue weighted by molar-refractivity contribution is -0.128. The smallest absolute Gasteiger partial charge is 0.233 e. The fraction of sp³-hybridized carbons (Fsp3) is 0.400. The number of hydrogen-bond acceptors (Lipinski definition) is 6. The Bertz CT molecular complexity index is 692. The minimum absolute atomic E-state index is 0.144. The van der Waals surface area contributed by atoms with E-state index in [-0.39, 0.29) is 11.5 Å². The van der Waals surface area contributed by atoms with Gasteiger partial charge in [-0.05, 0) is 17.5 Å². The Morgan fingerprint density at radius 3 is 3.23 bits per heavy atom. The third kappa shape index (κ3) is 2.43. The van der Waals surface area contributed by atoms with Crippen molar-refractivity contribution in [1.29, 1.82) is 0 Å². The van der Waals surface area contributed by atoms with E-state index in [4.69, 9.17) is 4.74 Å². The maximum Gasteiger partial charge on any atom is 0.233 e. The van der Waals surface area contributed by atoms with Gasteiger partial charge in [0.1, 0.15) is 11.1 Å². The summed E-state index contributed by atoms with van der Waals surface area (Å²) in [6.45, 7) is 2.06. The van der Waals surface area contributed by atoms with E-state index in [0.717, 1.165) is 17.3 Å². The predicted molar refractivity (Wildman–Crippen MR) is 84.7 cm³/mol. The molecule has 0 N–H and O–H groups in total. The van der Waals surface area contributed by atoms with Crippen LogP contribution in [0.15, 0.2) is 34.1 Å². The van der Waals surface area contributed by atoms with Gasteiger partial charge >= 0.3 is 0 Å². The van der Waals surface area contributed by atoms with Gasteiger partial charge in [-0.25, -0.2) is 0 Å². The summed E-state index contributed by atoms with van der Waals surface area (Å²) >= 11 is 2.91. The van der Waals surface area contributed by atoms with Crippen LogP contribution in [0.4, 0.5) is 0 Å². The first-order valence-electron chi connectivity index (χ1n) is 7.16. The molecular weight excluding hydrogens is 318 g/mol. The molecule has 0 bridgehead atoms. The van der Waals surface area contributed by atoms with Crippen molar-refractivity contribution in [1.82, 2.24) is 15.1 Å². The highest BCUT2D eigenvalue weighted by molar-refractivity contribution is 8.01. The van der Waals surface area contributed by atoms with Gasteiger partial charge in [-0.15, -0.1) is 10.2 Å². The summed E-state index contributed by atoms with van der Waals surface area (Å²) < 4.78 is 6.92. The minimum Gasteiger partial charge on any atom is -0.364 e. The van der Waals surface area contributed by atoms with E-state index in [1.54, 1.807) is 5.51 Å². The lowest BCUT2D eigenvalue weighted by atomic mass is 9.92. The van der Waals surface area contributed by atoms with E-state index in [1.807, 2.05) is 17.0 Å². The van der Waals surface area contributed by atoms with Crippen molar-refractivity contribution in [3.8, 4) is 0 Å². The SMILES string of the molecule is O=C(CSc1nncs1)N1CCC2(C1)OCc1ccccc12. The zero-order valence-corrected chi connectivity index (χ0v) is 13.5. The fourth-order valence-electron chi connectivity index (χ4n) is 3.16. The van der Waals surface area contributed by atoms with Crippen molar-refractivity contribution >= 4 is 29.0 Å². The molecule has 1 spiro atoms. The van der Waals surface area contributed by atoms with E-state index in [0.29, 0.717) is 18.9 Å². The molecule has 22 heavy (non-hydrogen) atoms. The van der Waals surface area contributed by atoms with Crippen LogP contribution in [0.3, 0.4) is 0 Å². The summed E-state index contributed by atoms with van der Waals surface area (Å²) in [4.78, 5) is 14.3. The van der Waals surface area contributed by atoms with E-state index < -0.39 is 0 Å². The molecule has 2 aliphatic rings. The van der Waals surface area contributed by atoms with Gasteiger partial charge in [0.05, 0.1) is 18.9 Å². The first kappa shape index (κ1) is 14.2. The second-order valence-electron chi connectivity index (χ2n) is 5.50. The molecule has 1 saturated heterocycles. The van der Waals surface area contributed by atoms with Crippen molar-refractivity contribution in [2.24, 2.45) is 0 Å². The highest BCUT2D eigenvalue weighted by Crippen LogP contribution is 2.43. The standard InChI is InChI=1S/C15H15N3O2S2/c19-13(8-21-14-17-16-10-22-14)18-6-5-15(9-18)12-4-2-1-3-11(12)7-20-15/h1-4,10H,5-9H2. The molecule has 1 atom stereocenters. The summed E-state index contributed by atoms with van der Waals surface area (Å²) in [6.07, 6.45) is 0.874. The number of ether oxygens (including phenoxy) is 1. The summed E-state index contributed by atoms with van der Waals surface area (Å²) in [6, 6.07) is 8.33. The lowest BCUT2D eigenvalue weighted by Gasteiger charge is -2.24. The number of aromatic nitrogens is 2. The molecule has 7 heteroatoms. The zero-order valence-electron chi connectivity index (χ0n) is 11.9. The number of hydrogen-bond donors (Lipinski definition) is 0. The molecule has 1 unspecified atom stereocenters. The maximum atomic E-state index is 12.4. The van der Waals surface area contributed by atoms with Gasteiger partial charge < -0.3 is 9.64 Å². The molecule has 3 heterocycles. The van der Waals surface area contributed by atoms with E-state index in [1.165, 1.54) is 34.2 Å². The Labute approximate surface area is 136 Å². The van der Waals surface area contributed by atoms with Gasteiger partial charge in [0.15, 0.2) is 4.34 Å². The molecule has 1 aromatic heterocycles. The molecule has 2 aromatic rings. The van der Waals surface area contributed by atoms with Gasteiger partial charge in [0.25, 0.3) is 0 Å². The molecule has 114 valence electrons. The molecule has 0 aliphatic carbocycles. The van der Waals surface area contributed by atoms with Crippen molar-refractivity contribution < 1.29 is 9.53 Å². The molecule has 1 fully saturated rings. The largest absolute Gasteiger partial charge is 0.364 e. The van der Waals surface area contributed by atoms with Crippen LogP contribution in [-0.2, 0) is 21.7 Å². The van der Waals surface area contributed by atoms with Gasteiger partial charge in [-0.3, -0.25) is 4.79 Å². The topological polar surface area (TPSA) is 55.3 Å². The molecular formula is C15H15N3O2S2. The third-order valence-electron chi connectivity index (χ3n) is 4.26. The molecule has 0 saturated carbocycles. The molecule has 1 aromatic carbocycles. The van der Waals surface area contributed by atoms with Crippen LogP contribution >= 0.6 is 23.1 Å². The van der Waals surface area contributed by atoms with E-state index in [9.17, 15) is 4.79 Å². The number of benzene rings is 1. The predicted octanol–water partition coefficient (Wildman–Crippen LogP) is 2.29. The molecule has 4 rings (SSSR count). The third-order valence-corrected chi connectivity index (χ3v) is 6.10. The van der Waals surface area contributed by atoms with Crippen LogP contribution in [0.1, 0.15) is 17.5 Å². The number of amides is 1. The van der Waals surface area contributed by atoms with Crippen LogP contribution in [0.25, 0.3) is 0 Å². The Balaban J connectivity index is 1.43. The number of rotatable bonds is 3. The normalized spacial score (nSPS) is 23.2. The van der Waals surface area contributed by atoms with Crippen LogP contribution in [-0.4, -0.2) is 39.8 Å². The Morgan fingerprint density at radius 2 is 2.36 bits per heavy atom.